The van der Waals surface area contributed by atoms with Gasteiger partial charge in [-0.1, -0.05) is 19.1 Å². The highest BCUT2D eigenvalue weighted by Crippen LogP contribution is 2.51. The van der Waals surface area contributed by atoms with E-state index in [4.69, 9.17) is 17.7 Å². The van der Waals surface area contributed by atoms with E-state index in [1.165, 1.54) is 7.11 Å². The first kappa shape index (κ1) is 45.6. The van der Waals surface area contributed by atoms with E-state index in [-0.39, 0.29) is 19.6 Å². The fourth-order valence-electron chi connectivity index (χ4n) is 3.48. The van der Waals surface area contributed by atoms with E-state index in [9.17, 15) is 61.5 Å². The lowest BCUT2D eigenvalue weighted by molar-refractivity contribution is -0.486. The summed E-state index contributed by atoms with van der Waals surface area (Å²) in [5, 5.41) is 0. The average molecular weight is 779 g/mol. The molecule has 278 valence electrons. The van der Waals surface area contributed by atoms with Crippen LogP contribution in [0.5, 0.6) is 0 Å². The zero-order valence-electron chi connectivity index (χ0n) is 26.2. The number of hydrogen-bond donors (Lipinski definition) is 0. The predicted octanol–water partition coefficient (Wildman–Crippen LogP) is 7.96. The van der Waals surface area contributed by atoms with Crippen LogP contribution >= 0.6 is 0 Å². The largest absolute Gasteiger partial charge is 0.462 e. The number of rotatable bonds is 21. The van der Waals surface area contributed by atoms with Crippen molar-refractivity contribution >= 4 is 32.1 Å². The van der Waals surface area contributed by atoms with E-state index in [1.807, 2.05) is 13.1 Å². The second-order valence-electron chi connectivity index (χ2n) is 11.9. The first-order valence-corrected chi connectivity index (χ1v) is 26.4. The smallest absolute Gasteiger partial charge is 0.441 e. The maximum Gasteiger partial charge on any atom is 0.462 e. The van der Waals surface area contributed by atoms with Crippen molar-refractivity contribution in [3.8, 4) is 0 Å². The van der Waals surface area contributed by atoms with Crippen LogP contribution < -0.4 is 0 Å². The molecule has 0 saturated carbocycles. The van der Waals surface area contributed by atoms with Gasteiger partial charge in [0.15, 0.2) is 7.83 Å². The number of ether oxygens (including phenoxy) is 3. The molecule has 0 rings (SSSR count). The van der Waals surface area contributed by atoms with Gasteiger partial charge in [0.25, 0.3) is 0 Å². The van der Waals surface area contributed by atoms with Crippen molar-refractivity contribution in [1.82, 2.24) is 0 Å². The molecule has 0 aliphatic heterocycles. The molecule has 0 bridgehead atoms. The van der Waals surface area contributed by atoms with Gasteiger partial charge in [-0.2, -0.15) is 61.5 Å². The molecule has 0 radical (unpaired) electrons. The summed E-state index contributed by atoms with van der Waals surface area (Å²) in [6.45, 7) is 7.72. The summed E-state index contributed by atoms with van der Waals surface area (Å²) < 4.78 is 209. The van der Waals surface area contributed by atoms with Gasteiger partial charge in [0, 0.05) is 26.9 Å². The highest BCUT2D eigenvalue weighted by molar-refractivity contribution is 7.41. The Morgan fingerprint density at radius 2 is 1.15 bits per heavy atom. The molecule has 0 spiro atoms. The Hall–Kier alpha value is -0.352. The Morgan fingerprint density at radius 3 is 1.61 bits per heavy atom. The van der Waals surface area contributed by atoms with Crippen LogP contribution in [0, 0.1) is 0 Å². The summed E-state index contributed by atoms with van der Waals surface area (Å²) in [4.78, 5) is 0. The Labute approximate surface area is 262 Å². The molecule has 2 unspecified atom stereocenters. The van der Waals surface area contributed by atoms with E-state index in [1.54, 1.807) is 13.1 Å². The van der Waals surface area contributed by atoms with Crippen LogP contribution in [0.4, 0.5) is 61.5 Å². The van der Waals surface area contributed by atoms with Crippen LogP contribution in [0.1, 0.15) is 19.3 Å². The minimum Gasteiger partial charge on any atom is -0.441 e. The van der Waals surface area contributed by atoms with Crippen molar-refractivity contribution in [3.63, 3.8) is 0 Å². The van der Waals surface area contributed by atoms with Gasteiger partial charge in [0.2, 0.25) is 7.83 Å². The van der Waals surface area contributed by atoms with Crippen LogP contribution in [0.3, 0.4) is 0 Å². The van der Waals surface area contributed by atoms with Gasteiger partial charge in [0.1, 0.15) is 6.61 Å². The predicted molar refractivity (Wildman–Crippen MR) is 147 cm³/mol. The molecule has 0 saturated heterocycles. The lowest BCUT2D eigenvalue weighted by Gasteiger charge is -2.42. The zero-order valence-corrected chi connectivity index (χ0v) is 30.3. The second-order valence-corrected chi connectivity index (χ2v) is 38.1. The number of halogens is 14. The van der Waals surface area contributed by atoms with Crippen molar-refractivity contribution in [1.29, 1.82) is 0 Å². The average Bonchev–Trinajstić information content (AvgIpc) is 2.84. The number of hydrogen-bond acceptors (Lipinski definition) is 6. The van der Waals surface area contributed by atoms with Gasteiger partial charge in [0.05, 0.1) is 20.6 Å². The molecule has 2 atom stereocenters. The molecule has 24 heteroatoms. The van der Waals surface area contributed by atoms with Crippen LogP contribution in [0.2, 0.25) is 45.3 Å². The molecule has 0 aromatic heterocycles. The van der Waals surface area contributed by atoms with Gasteiger partial charge in [-0.25, -0.2) is 0 Å². The van der Waals surface area contributed by atoms with Crippen molar-refractivity contribution < 1.29 is 88.6 Å². The maximum absolute atomic E-state index is 14.2. The first-order valence-electron chi connectivity index (χ1n) is 13.6. The topological polar surface area (TPSA) is 55.4 Å². The highest BCUT2D eigenvalue weighted by Gasteiger charge is 2.78. The van der Waals surface area contributed by atoms with Crippen LogP contribution in [0.25, 0.3) is 0 Å². The van der Waals surface area contributed by atoms with E-state index >= 15 is 0 Å². The fourth-order valence-corrected chi connectivity index (χ4v) is 26.3. The Kier molecular flexibility index (Phi) is 16.4. The van der Waals surface area contributed by atoms with Crippen LogP contribution in [-0.2, 0) is 27.2 Å². The highest BCUT2D eigenvalue weighted by atomic mass is 29.3. The molecule has 46 heavy (non-hydrogen) atoms. The van der Waals surface area contributed by atoms with Gasteiger partial charge in [-0.3, -0.25) is 4.74 Å². The second kappa shape index (κ2) is 16.6. The molecular weight excluding hydrogens is 739 g/mol. The zero-order chi connectivity index (χ0) is 36.7. The normalized spacial score (nSPS) is 16.9. The SMILES string of the molecule is CO[SiH](O[Si](C)(C)[Si](C)(C)CCCOCCC(F)(F)F)[Si](C)(C)OCCCOCC(F)(OC(F)(F)C(F)(F)C(F)(F)F)C(F)(F)F. The van der Waals surface area contributed by atoms with Crippen molar-refractivity contribution in [3.05, 3.63) is 0 Å². The quantitative estimate of drug-likeness (QED) is 0.0670. The molecule has 6 nitrogen and oxygen atoms in total. The van der Waals surface area contributed by atoms with Crippen molar-refractivity contribution in [2.24, 2.45) is 0 Å². The van der Waals surface area contributed by atoms with E-state index < -0.39 is 94.7 Å². The number of alkyl halides is 14. The maximum atomic E-state index is 14.2. The lowest BCUT2D eigenvalue weighted by Crippen LogP contribution is -2.64. The molecular formula is C22H40F14O6Si4. The van der Waals surface area contributed by atoms with Gasteiger partial charge < -0.3 is 22.4 Å². The molecule has 0 aromatic carbocycles. The Bertz CT molecular complexity index is 919. The summed E-state index contributed by atoms with van der Waals surface area (Å²) in [5.41, 5.74) is 0. The molecule has 0 amide bonds. The third-order valence-electron chi connectivity index (χ3n) is 7.06. The third-order valence-corrected chi connectivity index (χ3v) is 34.9. The summed E-state index contributed by atoms with van der Waals surface area (Å²) in [6.07, 6.45) is -25.6. The summed E-state index contributed by atoms with van der Waals surface area (Å²) in [6, 6.07) is 0.695. The third kappa shape index (κ3) is 13.5. The molecule has 0 aromatic rings. The van der Waals surface area contributed by atoms with E-state index in [2.05, 4.69) is 22.6 Å². The summed E-state index contributed by atoms with van der Waals surface area (Å²) in [7, 11) is -8.46. The van der Waals surface area contributed by atoms with E-state index in [0.29, 0.717) is 12.5 Å². The minimum absolute atomic E-state index is 0.147. The van der Waals surface area contributed by atoms with Gasteiger partial charge >= 0.3 is 45.2 Å². The van der Waals surface area contributed by atoms with Crippen molar-refractivity contribution in [2.75, 3.05) is 40.1 Å². The fraction of sp³-hybridized carbons (Fsp3) is 1.00. The molecule has 0 aliphatic carbocycles. The molecule has 0 fully saturated rings. The van der Waals surface area contributed by atoms with Crippen molar-refractivity contribution in [2.45, 2.75) is 101 Å². The summed E-state index contributed by atoms with van der Waals surface area (Å²) >= 11 is 0. The molecule has 0 aliphatic rings. The van der Waals surface area contributed by atoms with Gasteiger partial charge in [-0.15, -0.1) is 0 Å². The first-order chi connectivity index (χ1) is 20.3. The molecule has 0 heterocycles. The minimum atomic E-state index is -7.15. The lowest BCUT2D eigenvalue weighted by atomic mass is 10.2. The summed E-state index contributed by atoms with van der Waals surface area (Å²) in [5.74, 6) is -12.9. The molecule has 0 N–H and O–H groups in total. The van der Waals surface area contributed by atoms with Gasteiger partial charge in [-0.05, 0) is 39.0 Å². The Balaban J connectivity index is 5.09. The van der Waals surface area contributed by atoms with E-state index in [0.717, 1.165) is 0 Å². The van der Waals surface area contributed by atoms with Crippen LogP contribution in [-0.4, -0.2) is 109 Å². The standard InChI is InChI=1S/C22H40F14O6Si4/c1-37-43(42-46(6,7)44(2,3)15-9-12-38-14-10-18(24,25)26)45(4,5)40-13-8-11-39-16-17(23,20(29,30)31)41-22(35,36)19(27,28)21(32,33)34/h43H,8-16H2,1-7H3. The monoisotopic (exact) mass is 778 g/mol. The van der Waals surface area contributed by atoms with Crippen LogP contribution in [0.15, 0.2) is 0 Å². The Morgan fingerprint density at radius 1 is 0.630 bits per heavy atom.